The van der Waals surface area contributed by atoms with Gasteiger partial charge in [0.1, 0.15) is 0 Å². The smallest absolute Gasteiger partial charge is 0 e. The van der Waals surface area contributed by atoms with Gasteiger partial charge in [-0.1, -0.05) is 0 Å². The predicted octanol–water partition coefficient (Wildman–Crippen LogP) is -1.14. The first kappa shape index (κ1) is 26.7. The Kier molecular flexibility index (Phi) is 109. The van der Waals surface area contributed by atoms with Crippen molar-refractivity contribution in [1.82, 2.24) is 0 Å². The van der Waals surface area contributed by atoms with Crippen LogP contribution >= 0.6 is 0 Å². The first-order chi connectivity index (χ1) is 0. The molecular weight excluding hydrogens is 556 g/mol. The van der Waals surface area contributed by atoms with Gasteiger partial charge >= 0.3 is 0 Å². The molecule has 0 amide bonds. The molecule has 0 rings (SSSR count). The Labute approximate surface area is 95.9 Å². The molecule has 0 saturated heterocycles. The van der Waals surface area contributed by atoms with Gasteiger partial charge in [-0.05, 0) is 0 Å². The Bertz CT molecular complexity index is 8.00. The quantitative estimate of drug-likeness (QED) is 0.332. The van der Waals surface area contributed by atoms with Crippen LogP contribution in [0, 0.1) is 0 Å². The van der Waals surface area contributed by atoms with Crippen molar-refractivity contribution in [2.45, 2.75) is 0 Å². The van der Waals surface area contributed by atoms with Gasteiger partial charge in [-0.3, -0.25) is 0 Å². The van der Waals surface area contributed by atoms with Gasteiger partial charge in [0.05, 0.1) is 0 Å². The number of hydrogen-bond donors (Lipinski definition) is 0. The molecule has 0 bridgehead atoms. The van der Waals surface area contributed by atoms with Crippen molar-refractivity contribution in [2.75, 3.05) is 0 Å². The molecule has 0 saturated carbocycles. The molecule has 4 heteroatoms. The average molecular weight is 556 g/mol. The minimum Gasteiger partial charge on any atom is 0 e. The molecule has 0 nitrogen and oxygen atoms in total. The van der Waals surface area contributed by atoms with E-state index < -0.39 is 0 Å². The number of hydrogen-bond acceptors (Lipinski definition) is 0. The van der Waals surface area contributed by atoms with Crippen LogP contribution in [0.15, 0.2) is 0 Å². The third kappa shape index (κ3) is 8.99. The maximum Gasteiger partial charge on any atom is 0 e. The van der Waals surface area contributed by atoms with E-state index in [9.17, 15) is 0 Å². The molecule has 0 spiro atoms. The van der Waals surface area contributed by atoms with E-state index in [4.69, 9.17) is 0 Å². The van der Waals surface area contributed by atoms with E-state index in [1.165, 1.54) is 0 Å². The molecule has 24 valence electrons. The minimum absolute atomic E-state index is 0. The topological polar surface area (TPSA) is 0 Å². The van der Waals surface area contributed by atoms with Crippen LogP contribution in [0.5, 0.6) is 0 Å². The summed E-state index contributed by atoms with van der Waals surface area (Å²) < 4.78 is 0. The normalized spacial score (nSPS) is 0. The summed E-state index contributed by atoms with van der Waals surface area (Å²) >= 11 is 0. The maximum absolute atomic E-state index is 0. The van der Waals surface area contributed by atoms with Gasteiger partial charge < -0.3 is 0 Å². The van der Waals surface area contributed by atoms with Gasteiger partial charge in [-0.25, -0.2) is 0 Å². The van der Waals surface area contributed by atoms with Crippen LogP contribution in [0.25, 0.3) is 0 Å². The van der Waals surface area contributed by atoms with Crippen LogP contribution in [-0.2, 0) is 22.4 Å². The van der Waals surface area contributed by atoms with Crippen LogP contribution in [0.3, 0.4) is 0 Å². The zero-order valence-electron chi connectivity index (χ0n) is 1.75. The van der Waals surface area contributed by atoms with Crippen molar-refractivity contribution in [3.05, 3.63) is 0 Å². The molecule has 0 aliphatic carbocycles. The third-order valence-corrected chi connectivity index (χ3v) is 0. The molecule has 0 aromatic carbocycles. The summed E-state index contributed by atoms with van der Waals surface area (Å²) in [5, 5.41) is 0. The second-order valence-electron chi connectivity index (χ2n) is 0. The maximum atomic E-state index is 0. The van der Waals surface area contributed by atoms with Crippen molar-refractivity contribution < 1.29 is 22.4 Å². The fourth-order valence-electron chi connectivity index (χ4n) is 0. The first-order valence-corrected chi connectivity index (χ1v) is 0. The van der Waals surface area contributed by atoms with Crippen molar-refractivity contribution in [1.29, 1.82) is 0 Å². The first-order valence-electron chi connectivity index (χ1n) is 0. The monoisotopic (exact) mass is 556 g/mol. The van der Waals surface area contributed by atoms with E-state index in [0.29, 0.717) is 0 Å². The molecule has 0 aliphatic rings. The van der Waals surface area contributed by atoms with E-state index in [1.54, 1.807) is 0 Å². The van der Waals surface area contributed by atoms with E-state index in [2.05, 4.69) is 0 Å². The molecule has 0 aromatic rings. The molecule has 0 aromatic heterocycles. The fourth-order valence-corrected chi connectivity index (χ4v) is 0. The van der Waals surface area contributed by atoms with E-state index in [-0.39, 0.29) is 98.0 Å². The van der Waals surface area contributed by atoms with Crippen LogP contribution in [0.1, 0.15) is 0 Å². The van der Waals surface area contributed by atoms with Crippen molar-refractivity contribution >= 4 is 75.6 Å². The summed E-state index contributed by atoms with van der Waals surface area (Å²) in [7, 11) is 0. The second kappa shape index (κ2) is 16.3. The average Bonchev–Trinajstić information content (AvgIpc) is 0. The van der Waals surface area contributed by atoms with E-state index in [1.807, 2.05) is 0 Å². The van der Waals surface area contributed by atoms with Gasteiger partial charge in [-0.2, -0.15) is 0 Å². The molecule has 0 heterocycles. The summed E-state index contributed by atoms with van der Waals surface area (Å²) in [6.45, 7) is 0. The standard InChI is InChI=1S/Ag.Pb.Sb.Sn. The van der Waals surface area contributed by atoms with Crippen LogP contribution in [0.2, 0.25) is 0 Å². The predicted molar refractivity (Wildman–Crippen MR) is 17.3 cm³/mol. The zero-order chi connectivity index (χ0) is 0. The Hall–Kier alpha value is 3.28. The third-order valence-electron chi connectivity index (χ3n) is 0. The Morgan fingerprint density at radius 3 is 1.00 bits per heavy atom. The Balaban J connectivity index is 0. The van der Waals surface area contributed by atoms with Crippen molar-refractivity contribution in [3.63, 3.8) is 0 Å². The van der Waals surface area contributed by atoms with Crippen LogP contribution < -0.4 is 0 Å². The summed E-state index contributed by atoms with van der Waals surface area (Å²) in [6, 6.07) is 0. The SMILES string of the molecule is [Ag].[Pb].[Sb].[Sn]. The molecule has 4 heavy (non-hydrogen) atoms. The largest absolute Gasteiger partial charge is 0 e. The fraction of sp³-hybridized carbons (Fsp3) is 0. The van der Waals surface area contributed by atoms with E-state index in [0.717, 1.165) is 0 Å². The zero-order valence-corrected chi connectivity index (χ0v) is 12.5. The van der Waals surface area contributed by atoms with E-state index >= 15 is 0 Å². The summed E-state index contributed by atoms with van der Waals surface area (Å²) in [5.41, 5.74) is 0. The van der Waals surface area contributed by atoms with Gasteiger partial charge in [0, 0.05) is 98.0 Å². The summed E-state index contributed by atoms with van der Waals surface area (Å²) in [5.74, 6) is 0. The van der Waals surface area contributed by atoms with Gasteiger partial charge in [0.2, 0.25) is 0 Å². The second-order valence-corrected chi connectivity index (χ2v) is 0. The molecular formula is AgPbSbSn. The molecule has 0 fully saturated rings. The van der Waals surface area contributed by atoms with Gasteiger partial charge in [0.25, 0.3) is 0 Å². The van der Waals surface area contributed by atoms with Crippen LogP contribution in [0.4, 0.5) is 0 Å². The number of rotatable bonds is 0. The molecule has 12 radical (unpaired) electrons. The summed E-state index contributed by atoms with van der Waals surface area (Å²) in [4.78, 5) is 0. The van der Waals surface area contributed by atoms with Crippen molar-refractivity contribution in [2.24, 2.45) is 0 Å². The summed E-state index contributed by atoms with van der Waals surface area (Å²) in [6.07, 6.45) is 0. The molecule has 0 N–H and O–H groups in total. The minimum atomic E-state index is 0. The molecule has 0 unspecified atom stereocenters. The Morgan fingerprint density at radius 2 is 1.00 bits per heavy atom. The van der Waals surface area contributed by atoms with Crippen LogP contribution in [-0.4, -0.2) is 75.6 Å². The Morgan fingerprint density at radius 1 is 1.00 bits per heavy atom. The van der Waals surface area contributed by atoms with Crippen molar-refractivity contribution in [3.8, 4) is 0 Å². The molecule has 0 atom stereocenters. The molecule has 0 aliphatic heterocycles. The van der Waals surface area contributed by atoms with Gasteiger partial charge in [0.15, 0.2) is 0 Å². The van der Waals surface area contributed by atoms with Gasteiger partial charge in [-0.15, -0.1) is 0 Å².